The second-order valence-electron chi connectivity index (χ2n) is 3.56. The minimum absolute atomic E-state index is 0.710. The third-order valence-electron chi connectivity index (χ3n) is 2.54. The summed E-state index contributed by atoms with van der Waals surface area (Å²) in [6.45, 7) is 0.860. The molecule has 3 nitrogen and oxygen atoms in total. The molecule has 0 radical (unpaired) electrons. The number of rotatable bonds is 3. The number of hydrogen-bond acceptors (Lipinski definition) is 3. The van der Waals surface area contributed by atoms with Gasteiger partial charge in [-0.25, -0.2) is 0 Å². The van der Waals surface area contributed by atoms with Gasteiger partial charge in [0.25, 0.3) is 0 Å². The summed E-state index contributed by atoms with van der Waals surface area (Å²) in [5, 5.41) is 3.50. The van der Waals surface area contributed by atoms with Gasteiger partial charge >= 0.3 is 0 Å². The molecular formula is C10H15N3. The second-order valence-corrected chi connectivity index (χ2v) is 3.56. The number of nitrogens with zero attached hydrogens (tertiary/aromatic N) is 2. The predicted octanol–water partition coefficient (Wildman–Crippen LogP) is 1.51. The van der Waals surface area contributed by atoms with Gasteiger partial charge in [-0.05, 0) is 12.8 Å². The molecule has 0 aromatic carbocycles. The minimum atomic E-state index is 0.710. The molecular weight excluding hydrogens is 162 g/mol. The molecule has 1 aromatic heterocycles. The largest absolute Gasteiger partial charge is 0.308 e. The van der Waals surface area contributed by atoms with Gasteiger partial charge in [0, 0.05) is 31.2 Å². The predicted molar refractivity (Wildman–Crippen MR) is 51.1 cm³/mol. The Labute approximate surface area is 78.6 Å². The van der Waals surface area contributed by atoms with E-state index >= 15 is 0 Å². The van der Waals surface area contributed by atoms with Crippen LogP contribution in [0.4, 0.5) is 0 Å². The van der Waals surface area contributed by atoms with Crippen molar-refractivity contribution in [1.29, 1.82) is 0 Å². The van der Waals surface area contributed by atoms with Crippen LogP contribution in [-0.2, 0) is 6.54 Å². The fourth-order valence-corrected chi connectivity index (χ4v) is 1.80. The molecule has 0 aliphatic heterocycles. The first-order valence-corrected chi connectivity index (χ1v) is 4.93. The highest BCUT2D eigenvalue weighted by molar-refractivity contribution is 4.94. The van der Waals surface area contributed by atoms with Crippen LogP contribution in [0.2, 0.25) is 0 Å². The van der Waals surface area contributed by atoms with Crippen LogP contribution in [0.1, 0.15) is 31.4 Å². The lowest BCUT2D eigenvalue weighted by atomic mass is 10.2. The maximum Gasteiger partial charge on any atom is 0.0724 e. The Balaban J connectivity index is 1.79. The van der Waals surface area contributed by atoms with E-state index in [1.165, 1.54) is 25.7 Å². The normalized spacial score (nSPS) is 17.8. The van der Waals surface area contributed by atoms with Gasteiger partial charge < -0.3 is 5.32 Å². The van der Waals surface area contributed by atoms with Crippen LogP contribution in [0.3, 0.4) is 0 Å². The summed E-state index contributed by atoms with van der Waals surface area (Å²) in [6, 6.07) is 0.710. The van der Waals surface area contributed by atoms with Crippen LogP contribution in [0.25, 0.3) is 0 Å². The van der Waals surface area contributed by atoms with Crippen molar-refractivity contribution in [3.05, 3.63) is 24.3 Å². The highest BCUT2D eigenvalue weighted by atomic mass is 14.9. The van der Waals surface area contributed by atoms with Gasteiger partial charge in [0.1, 0.15) is 0 Å². The van der Waals surface area contributed by atoms with Crippen molar-refractivity contribution >= 4 is 0 Å². The smallest absolute Gasteiger partial charge is 0.0724 e. The van der Waals surface area contributed by atoms with Crippen LogP contribution < -0.4 is 5.32 Å². The SMILES string of the molecule is c1cnc(CNC2CCCC2)cn1. The number of hydrogen-bond donors (Lipinski definition) is 1. The Hall–Kier alpha value is -0.960. The second kappa shape index (κ2) is 4.33. The fraction of sp³-hybridized carbons (Fsp3) is 0.600. The van der Waals surface area contributed by atoms with Crippen molar-refractivity contribution in [2.45, 2.75) is 38.3 Å². The Morgan fingerprint density at radius 1 is 1.31 bits per heavy atom. The Kier molecular flexibility index (Phi) is 2.87. The van der Waals surface area contributed by atoms with E-state index in [2.05, 4.69) is 15.3 Å². The molecule has 0 atom stereocenters. The molecule has 13 heavy (non-hydrogen) atoms. The van der Waals surface area contributed by atoms with E-state index in [0.29, 0.717) is 6.04 Å². The molecule has 1 aliphatic carbocycles. The average Bonchev–Trinajstić information content (AvgIpc) is 2.69. The molecule has 1 fully saturated rings. The Morgan fingerprint density at radius 2 is 2.15 bits per heavy atom. The van der Waals surface area contributed by atoms with E-state index < -0.39 is 0 Å². The highest BCUT2D eigenvalue weighted by Gasteiger charge is 2.13. The van der Waals surface area contributed by atoms with Crippen molar-refractivity contribution in [1.82, 2.24) is 15.3 Å². The molecule has 1 aliphatic rings. The highest BCUT2D eigenvalue weighted by Crippen LogP contribution is 2.17. The molecule has 1 N–H and O–H groups in total. The van der Waals surface area contributed by atoms with E-state index in [0.717, 1.165) is 12.2 Å². The lowest BCUT2D eigenvalue weighted by Gasteiger charge is -2.10. The standard InChI is InChI=1S/C10H15N3/c1-2-4-9(3-1)13-8-10-7-11-5-6-12-10/h5-7,9,13H,1-4,8H2. The van der Waals surface area contributed by atoms with Crippen LogP contribution in [-0.4, -0.2) is 16.0 Å². The maximum absolute atomic E-state index is 4.21. The molecule has 70 valence electrons. The molecule has 1 saturated carbocycles. The van der Waals surface area contributed by atoms with Crippen molar-refractivity contribution in [2.24, 2.45) is 0 Å². The van der Waals surface area contributed by atoms with Gasteiger partial charge in [-0.1, -0.05) is 12.8 Å². The lowest BCUT2D eigenvalue weighted by Crippen LogP contribution is -2.25. The summed E-state index contributed by atoms with van der Waals surface area (Å²) < 4.78 is 0. The van der Waals surface area contributed by atoms with E-state index in [4.69, 9.17) is 0 Å². The van der Waals surface area contributed by atoms with Gasteiger partial charge in [0.05, 0.1) is 5.69 Å². The first kappa shape index (κ1) is 8.63. The Morgan fingerprint density at radius 3 is 2.85 bits per heavy atom. The van der Waals surface area contributed by atoms with Crippen LogP contribution >= 0.6 is 0 Å². The molecule has 0 bridgehead atoms. The summed E-state index contributed by atoms with van der Waals surface area (Å²) >= 11 is 0. The lowest BCUT2D eigenvalue weighted by molar-refractivity contribution is 0.518. The topological polar surface area (TPSA) is 37.8 Å². The molecule has 1 aromatic rings. The summed E-state index contributed by atoms with van der Waals surface area (Å²) in [5.74, 6) is 0. The van der Waals surface area contributed by atoms with Crippen LogP contribution in [0, 0.1) is 0 Å². The third kappa shape index (κ3) is 2.49. The zero-order valence-electron chi connectivity index (χ0n) is 7.74. The van der Waals surface area contributed by atoms with Gasteiger partial charge in [-0.3, -0.25) is 9.97 Å². The van der Waals surface area contributed by atoms with Crippen molar-refractivity contribution < 1.29 is 0 Å². The Bertz CT molecular complexity index is 242. The zero-order valence-corrected chi connectivity index (χ0v) is 7.74. The summed E-state index contributed by atoms with van der Waals surface area (Å²) in [4.78, 5) is 8.24. The van der Waals surface area contributed by atoms with Crippen LogP contribution in [0.5, 0.6) is 0 Å². The van der Waals surface area contributed by atoms with E-state index in [-0.39, 0.29) is 0 Å². The van der Waals surface area contributed by atoms with Crippen molar-refractivity contribution in [2.75, 3.05) is 0 Å². The molecule has 0 amide bonds. The van der Waals surface area contributed by atoms with Gasteiger partial charge in [-0.2, -0.15) is 0 Å². The quantitative estimate of drug-likeness (QED) is 0.760. The molecule has 0 saturated heterocycles. The van der Waals surface area contributed by atoms with E-state index in [9.17, 15) is 0 Å². The minimum Gasteiger partial charge on any atom is -0.308 e. The van der Waals surface area contributed by atoms with Crippen LogP contribution in [0.15, 0.2) is 18.6 Å². The summed E-state index contributed by atoms with van der Waals surface area (Å²) in [5.41, 5.74) is 1.04. The van der Waals surface area contributed by atoms with E-state index in [1.807, 2.05) is 6.20 Å². The average molecular weight is 177 g/mol. The third-order valence-corrected chi connectivity index (χ3v) is 2.54. The monoisotopic (exact) mass is 177 g/mol. The van der Waals surface area contributed by atoms with Crippen molar-refractivity contribution in [3.63, 3.8) is 0 Å². The fourth-order valence-electron chi connectivity index (χ4n) is 1.80. The summed E-state index contributed by atoms with van der Waals surface area (Å²) in [7, 11) is 0. The van der Waals surface area contributed by atoms with Gasteiger partial charge in [-0.15, -0.1) is 0 Å². The zero-order chi connectivity index (χ0) is 8.93. The van der Waals surface area contributed by atoms with E-state index in [1.54, 1.807) is 12.4 Å². The molecule has 2 rings (SSSR count). The molecule has 1 heterocycles. The molecule has 0 spiro atoms. The van der Waals surface area contributed by atoms with Crippen molar-refractivity contribution in [3.8, 4) is 0 Å². The first-order valence-electron chi connectivity index (χ1n) is 4.93. The number of aromatic nitrogens is 2. The van der Waals surface area contributed by atoms with Gasteiger partial charge in [0.15, 0.2) is 0 Å². The number of nitrogens with one attached hydrogen (secondary N) is 1. The molecule has 0 unspecified atom stereocenters. The maximum atomic E-state index is 4.21. The first-order chi connectivity index (χ1) is 6.45. The molecule has 3 heteroatoms. The van der Waals surface area contributed by atoms with Gasteiger partial charge in [0.2, 0.25) is 0 Å². The summed E-state index contributed by atoms with van der Waals surface area (Å²) in [6.07, 6.45) is 10.7.